The van der Waals surface area contributed by atoms with Crippen LogP contribution >= 0.6 is 0 Å². The minimum absolute atomic E-state index is 0.0552. The fourth-order valence-corrected chi connectivity index (χ4v) is 5.04. The number of rotatable bonds is 8. The molecule has 7 nitrogen and oxygen atoms in total. The Kier molecular flexibility index (Phi) is 6.28. The first-order chi connectivity index (χ1) is 15.9. The number of fused-ring (bicyclic) bond motifs is 1. The lowest BCUT2D eigenvalue weighted by atomic mass is 10.1. The number of para-hydroxylation sites is 2. The van der Waals surface area contributed by atoms with E-state index in [0.29, 0.717) is 11.3 Å². The molecule has 0 saturated heterocycles. The molecule has 0 saturated carbocycles. The first kappa shape index (κ1) is 22.3. The highest BCUT2D eigenvalue weighted by Gasteiger charge is 2.24. The van der Waals surface area contributed by atoms with Gasteiger partial charge in [0.2, 0.25) is 5.78 Å². The molecule has 4 rings (SSSR count). The normalized spacial score (nSPS) is 11.3. The van der Waals surface area contributed by atoms with Gasteiger partial charge < -0.3 is 9.72 Å². The third kappa shape index (κ3) is 4.51. The Hall–Kier alpha value is -3.91. The molecule has 8 heteroatoms. The number of carbonyl (C=O) groups excluding carboxylic acids is 2. The van der Waals surface area contributed by atoms with Crippen molar-refractivity contribution in [1.82, 2.24) is 4.98 Å². The number of carbonyl (C=O) groups is 2. The molecule has 0 fully saturated rings. The molecule has 0 aliphatic heterocycles. The van der Waals surface area contributed by atoms with E-state index in [1.54, 1.807) is 37.4 Å². The number of ether oxygens (including phenoxy) is 1. The summed E-state index contributed by atoms with van der Waals surface area (Å²) in [7, 11) is -3.80. The summed E-state index contributed by atoms with van der Waals surface area (Å²) in [6.45, 7) is 1.59. The monoisotopic (exact) mass is 462 g/mol. The molecule has 33 heavy (non-hydrogen) atoms. The van der Waals surface area contributed by atoms with Gasteiger partial charge >= 0.3 is 5.97 Å². The van der Waals surface area contributed by atoms with Gasteiger partial charge in [-0.1, -0.05) is 36.4 Å². The number of ketones is 1. The van der Waals surface area contributed by atoms with Gasteiger partial charge in [0.15, 0.2) is 6.61 Å². The second-order valence-electron chi connectivity index (χ2n) is 7.28. The summed E-state index contributed by atoms with van der Waals surface area (Å²) in [5.74, 6) is -1.04. The Balaban J connectivity index is 1.45. The van der Waals surface area contributed by atoms with Crippen LogP contribution in [-0.4, -0.2) is 38.3 Å². The molecule has 1 aromatic heterocycles. The lowest BCUT2D eigenvalue weighted by Crippen LogP contribution is -2.30. The Morgan fingerprint density at radius 1 is 0.909 bits per heavy atom. The molecule has 1 N–H and O–H groups in total. The van der Waals surface area contributed by atoms with Crippen LogP contribution in [0.5, 0.6) is 0 Å². The Bertz CT molecular complexity index is 1390. The van der Waals surface area contributed by atoms with Crippen LogP contribution in [0.25, 0.3) is 10.9 Å². The lowest BCUT2D eigenvalue weighted by Gasteiger charge is -2.22. The second-order valence-corrected chi connectivity index (χ2v) is 9.14. The van der Waals surface area contributed by atoms with Crippen LogP contribution in [0.1, 0.15) is 27.6 Å². The molecule has 0 radical (unpaired) electrons. The largest absolute Gasteiger partial charge is 0.454 e. The highest BCUT2D eigenvalue weighted by molar-refractivity contribution is 7.92. The summed E-state index contributed by atoms with van der Waals surface area (Å²) in [5, 5.41) is 0.756. The van der Waals surface area contributed by atoms with E-state index < -0.39 is 22.6 Å². The summed E-state index contributed by atoms with van der Waals surface area (Å²) in [6, 6.07) is 21.6. The van der Waals surface area contributed by atoms with Gasteiger partial charge in [-0.25, -0.2) is 13.2 Å². The highest BCUT2D eigenvalue weighted by Crippen LogP contribution is 2.24. The van der Waals surface area contributed by atoms with Crippen molar-refractivity contribution in [3.8, 4) is 0 Å². The fraction of sp³-hybridized carbons (Fsp3) is 0.120. The molecule has 3 aromatic carbocycles. The van der Waals surface area contributed by atoms with Crippen molar-refractivity contribution >= 4 is 38.4 Å². The first-order valence-corrected chi connectivity index (χ1v) is 11.8. The Labute approximate surface area is 191 Å². The summed E-state index contributed by atoms with van der Waals surface area (Å²) < 4.78 is 32.6. The van der Waals surface area contributed by atoms with Crippen molar-refractivity contribution in [2.75, 3.05) is 17.5 Å². The van der Waals surface area contributed by atoms with Crippen LogP contribution in [0, 0.1) is 0 Å². The maximum absolute atomic E-state index is 13.1. The van der Waals surface area contributed by atoms with E-state index in [2.05, 4.69) is 4.98 Å². The molecule has 0 atom stereocenters. The number of Topliss-reactive ketones (excluding diaryl/α,β-unsaturated/α-hetero) is 1. The van der Waals surface area contributed by atoms with Crippen LogP contribution in [0.3, 0.4) is 0 Å². The van der Waals surface area contributed by atoms with Gasteiger partial charge in [-0.05, 0) is 49.4 Å². The Morgan fingerprint density at radius 3 is 2.27 bits per heavy atom. The van der Waals surface area contributed by atoms with Gasteiger partial charge in [-0.3, -0.25) is 9.10 Å². The maximum atomic E-state index is 13.1. The molecule has 0 spiro atoms. The average Bonchev–Trinajstić information content (AvgIpc) is 3.28. The first-order valence-electron chi connectivity index (χ1n) is 10.4. The van der Waals surface area contributed by atoms with Gasteiger partial charge in [-0.2, -0.15) is 0 Å². The van der Waals surface area contributed by atoms with Gasteiger partial charge in [-0.15, -0.1) is 0 Å². The van der Waals surface area contributed by atoms with E-state index >= 15 is 0 Å². The zero-order valence-corrected chi connectivity index (χ0v) is 18.7. The smallest absolute Gasteiger partial charge is 0.338 e. The number of anilines is 1. The lowest BCUT2D eigenvalue weighted by molar-refractivity contribution is 0.0475. The number of aromatic nitrogens is 1. The van der Waals surface area contributed by atoms with Gasteiger partial charge in [0, 0.05) is 29.2 Å². The maximum Gasteiger partial charge on any atom is 0.338 e. The molecule has 0 aliphatic carbocycles. The molecule has 0 aliphatic rings. The van der Waals surface area contributed by atoms with Gasteiger partial charge in [0.05, 0.1) is 16.1 Å². The number of benzene rings is 3. The van der Waals surface area contributed by atoms with E-state index in [1.807, 2.05) is 30.3 Å². The standard InChI is InChI=1S/C25H22N2O5S/c1-2-27(19-8-4-3-5-9-19)33(30,31)20-14-12-18(13-15-20)25(29)32-17-24(28)22-16-26-23-11-7-6-10-21(22)23/h3-16,26H,2,17H2,1H3. The van der Waals surface area contributed by atoms with Crippen molar-refractivity contribution < 1.29 is 22.7 Å². The minimum atomic E-state index is -3.80. The number of nitrogens with one attached hydrogen (secondary N) is 1. The van der Waals surface area contributed by atoms with Crippen LogP contribution in [-0.2, 0) is 14.8 Å². The Morgan fingerprint density at radius 2 is 1.58 bits per heavy atom. The van der Waals surface area contributed by atoms with Crippen molar-refractivity contribution in [2.45, 2.75) is 11.8 Å². The zero-order valence-electron chi connectivity index (χ0n) is 17.9. The van der Waals surface area contributed by atoms with Crippen molar-refractivity contribution in [3.63, 3.8) is 0 Å². The zero-order chi connectivity index (χ0) is 23.4. The van der Waals surface area contributed by atoms with E-state index in [4.69, 9.17) is 4.74 Å². The van der Waals surface area contributed by atoms with Crippen molar-refractivity contribution in [2.24, 2.45) is 0 Å². The van der Waals surface area contributed by atoms with Crippen LogP contribution in [0.15, 0.2) is 90.0 Å². The summed E-state index contributed by atoms with van der Waals surface area (Å²) in [4.78, 5) is 28.0. The quantitative estimate of drug-likeness (QED) is 0.309. The fourth-order valence-electron chi connectivity index (χ4n) is 3.57. The van der Waals surface area contributed by atoms with Crippen molar-refractivity contribution in [1.29, 1.82) is 0 Å². The molecular weight excluding hydrogens is 440 g/mol. The molecular formula is C25H22N2O5S. The van der Waals surface area contributed by atoms with Crippen LogP contribution < -0.4 is 4.31 Å². The molecule has 0 amide bonds. The van der Waals surface area contributed by atoms with Crippen molar-refractivity contribution in [3.05, 3.63) is 96.2 Å². The number of aromatic amines is 1. The SMILES string of the molecule is CCN(c1ccccc1)S(=O)(=O)c1ccc(C(=O)OCC(=O)c2c[nH]c3ccccc23)cc1. The molecule has 1 heterocycles. The van der Waals surface area contributed by atoms with E-state index in [9.17, 15) is 18.0 Å². The predicted octanol–water partition coefficient (Wildman–Crippen LogP) is 4.42. The number of H-pyrrole nitrogens is 1. The number of sulfonamides is 1. The van der Waals surface area contributed by atoms with E-state index in [1.165, 1.54) is 28.6 Å². The number of esters is 1. The van der Waals surface area contributed by atoms with Gasteiger partial charge in [0.25, 0.3) is 10.0 Å². The van der Waals surface area contributed by atoms with E-state index in [0.717, 1.165) is 10.9 Å². The number of nitrogens with zero attached hydrogens (tertiary/aromatic N) is 1. The molecule has 4 aromatic rings. The minimum Gasteiger partial charge on any atom is -0.454 e. The highest BCUT2D eigenvalue weighted by atomic mass is 32.2. The number of hydrogen-bond acceptors (Lipinski definition) is 5. The third-order valence-corrected chi connectivity index (χ3v) is 7.15. The predicted molar refractivity (Wildman–Crippen MR) is 126 cm³/mol. The molecule has 168 valence electrons. The number of hydrogen-bond donors (Lipinski definition) is 1. The second kappa shape index (κ2) is 9.30. The summed E-state index contributed by atoms with van der Waals surface area (Å²) >= 11 is 0. The topological polar surface area (TPSA) is 96.5 Å². The summed E-state index contributed by atoms with van der Waals surface area (Å²) in [5.41, 5.74) is 1.98. The van der Waals surface area contributed by atoms with Gasteiger partial charge in [0.1, 0.15) is 0 Å². The van der Waals surface area contributed by atoms with Crippen LogP contribution in [0.2, 0.25) is 0 Å². The van der Waals surface area contributed by atoms with Crippen LogP contribution in [0.4, 0.5) is 5.69 Å². The van der Waals surface area contributed by atoms with E-state index in [-0.39, 0.29) is 22.8 Å². The third-order valence-electron chi connectivity index (χ3n) is 5.23. The average molecular weight is 463 g/mol. The molecule has 0 bridgehead atoms. The molecule has 0 unspecified atom stereocenters. The summed E-state index contributed by atoms with van der Waals surface area (Å²) in [6.07, 6.45) is 1.59.